The van der Waals surface area contributed by atoms with Crippen LogP contribution < -0.4 is 4.74 Å². The van der Waals surface area contributed by atoms with E-state index in [1.807, 2.05) is 102 Å². The van der Waals surface area contributed by atoms with Gasteiger partial charge in [-0.05, 0) is 30.1 Å². The zero-order valence-electron chi connectivity index (χ0n) is 32.7. The smallest absolute Gasteiger partial charge is 0.0374 e. The van der Waals surface area contributed by atoms with Gasteiger partial charge in [0.05, 0.1) is 0 Å². The number of imidazole rings is 1. The molecule has 0 saturated carbocycles. The molecule has 3 heterocycles. The van der Waals surface area contributed by atoms with Crippen LogP contribution in [0.3, 0.4) is 0 Å². The van der Waals surface area contributed by atoms with Crippen LogP contribution in [-0.2, 0) is 26.3 Å². The number of aromatic nitrogens is 4. The average molecular weight is 826 g/mol. The van der Waals surface area contributed by atoms with Gasteiger partial charge in [0, 0.05) is 15.9 Å². The summed E-state index contributed by atoms with van der Waals surface area (Å²) in [4.78, 5) is 4.86. The van der Waals surface area contributed by atoms with Crippen LogP contribution in [0, 0.1) is 10.7 Å². The molecule has 1 aliphatic rings. The second-order valence-electron chi connectivity index (χ2n) is 12.8. The van der Waals surface area contributed by atoms with Gasteiger partial charge in [0.1, 0.15) is 0 Å². The number of fused-ring (bicyclic) bond motifs is 5. The number of ether oxygens (including phenoxy) is 1. The fourth-order valence-corrected chi connectivity index (χ4v) is 8.49. The van der Waals surface area contributed by atoms with Crippen molar-refractivity contribution in [1.29, 1.82) is 0 Å². The van der Waals surface area contributed by atoms with Crippen LogP contribution in [0.4, 0.5) is 0 Å². The van der Waals surface area contributed by atoms with Crippen LogP contribution in [-0.4, -0.2) is 18.7 Å². The fourth-order valence-electron chi connectivity index (χ4n) is 7.59. The van der Waals surface area contributed by atoms with Crippen molar-refractivity contribution in [2.45, 2.75) is 38.6 Å². The Hall–Kier alpha value is -4.99. The number of benzene rings is 5. The van der Waals surface area contributed by atoms with Gasteiger partial charge in [0.15, 0.2) is 0 Å². The van der Waals surface area contributed by atoms with E-state index in [2.05, 4.69) is 49.0 Å². The number of rotatable bonds is 5. The molecule has 0 N–H and O–H groups in total. The first-order valence-corrected chi connectivity index (χ1v) is 17.6. The third-order valence-electron chi connectivity index (χ3n) is 9.95. The predicted molar refractivity (Wildman–Crippen MR) is 195 cm³/mol. The van der Waals surface area contributed by atoms with E-state index in [0.717, 1.165) is 51.3 Å². The summed E-state index contributed by atoms with van der Waals surface area (Å²) in [6.45, 7) is -2.45. The standard InChI is InChI=1S/C43H36N4O.Pt/c1-28-17-22-38(46-27-45(3)40-15-9-10-16-41(40)46)36-24-31(18-20-33(28)36)48-32-19-21-35-34-13-7-8-14-39(34)47(42(35)25-32)43-23-29(2)37(26-44-43)30-11-5-4-6-12-30;/h4-16,18-21,23-26,28,38H,17,22H2,1-3H3;/i2D3,3D3;. The van der Waals surface area contributed by atoms with Gasteiger partial charge < -0.3 is 0 Å². The van der Waals surface area contributed by atoms with Crippen molar-refractivity contribution in [2.24, 2.45) is 6.98 Å². The average Bonchev–Trinajstić information content (AvgIpc) is 3.66. The maximum atomic E-state index is 8.45. The van der Waals surface area contributed by atoms with Gasteiger partial charge >= 0.3 is 206 Å². The third-order valence-corrected chi connectivity index (χ3v) is 11.0. The minimum Gasteiger partial charge on any atom is -0.238 e. The van der Waals surface area contributed by atoms with Crippen LogP contribution in [0.25, 0.3) is 49.8 Å². The first-order valence-electron chi connectivity index (χ1n) is 19.5. The van der Waals surface area contributed by atoms with E-state index in [9.17, 15) is 0 Å². The number of aryl methyl sites for hydroxylation is 2. The Balaban J connectivity index is 1.15. The Morgan fingerprint density at radius 1 is 0.735 bits per heavy atom. The number of para-hydroxylation sites is 3. The minimum atomic E-state index is -2.37. The molecule has 6 heteroatoms. The number of hydrogen-bond acceptors (Lipinski definition) is 2. The zero-order valence-corrected chi connectivity index (χ0v) is 29.0. The molecule has 0 fully saturated rings. The van der Waals surface area contributed by atoms with E-state index >= 15 is 0 Å². The predicted octanol–water partition coefficient (Wildman–Crippen LogP) is 10.8. The Bertz CT molecular complexity index is 2840. The zero-order chi connectivity index (χ0) is 38.2. The summed E-state index contributed by atoms with van der Waals surface area (Å²) in [5.41, 5.74) is 7.24. The van der Waals surface area contributed by atoms with Gasteiger partial charge in [-0.15, -0.1) is 0 Å². The monoisotopic (exact) mass is 825 g/mol. The van der Waals surface area contributed by atoms with Crippen LogP contribution in [0.2, 0.25) is 0 Å². The summed E-state index contributed by atoms with van der Waals surface area (Å²) < 4.78 is 63.3. The summed E-state index contributed by atoms with van der Waals surface area (Å²) in [7, 11) is 0. The van der Waals surface area contributed by atoms with E-state index in [0.29, 0.717) is 38.1 Å². The first kappa shape index (κ1) is 24.2. The van der Waals surface area contributed by atoms with Crippen molar-refractivity contribution >= 4 is 32.8 Å². The topological polar surface area (TPSA) is 36.9 Å². The summed E-state index contributed by atoms with van der Waals surface area (Å²) in [6, 6.07) is 39.1. The molecule has 0 amide bonds. The van der Waals surface area contributed by atoms with Crippen molar-refractivity contribution in [2.75, 3.05) is 0 Å². The van der Waals surface area contributed by atoms with Crippen molar-refractivity contribution in [3.8, 4) is 28.4 Å². The molecule has 0 saturated heterocycles. The normalized spacial score (nSPS) is 18.3. The van der Waals surface area contributed by atoms with E-state index in [4.69, 9.17) is 17.9 Å². The van der Waals surface area contributed by atoms with Crippen molar-refractivity contribution < 1.29 is 32.3 Å². The van der Waals surface area contributed by atoms with Gasteiger partial charge in [-0.2, -0.15) is 0 Å². The number of pyridine rings is 1. The van der Waals surface area contributed by atoms with Crippen LogP contribution >= 0.6 is 0 Å². The van der Waals surface area contributed by atoms with Crippen molar-refractivity contribution in [3.05, 3.63) is 148 Å². The summed E-state index contributed by atoms with van der Waals surface area (Å²) in [6.07, 6.45) is 3.49. The van der Waals surface area contributed by atoms with Gasteiger partial charge in [-0.1, -0.05) is 48.5 Å². The molecule has 49 heavy (non-hydrogen) atoms. The van der Waals surface area contributed by atoms with E-state index in [-0.39, 0.29) is 11.6 Å². The molecule has 3 aromatic heterocycles. The van der Waals surface area contributed by atoms with Crippen molar-refractivity contribution in [3.63, 3.8) is 0 Å². The van der Waals surface area contributed by atoms with Gasteiger partial charge in [0.25, 0.3) is 0 Å². The molecule has 0 aliphatic heterocycles. The molecular formula is C43H36N4OPt. The fraction of sp³-hybridized carbons (Fsp3) is 0.163. The third kappa shape index (κ3) is 4.94. The number of hydrogen-bond donors (Lipinski definition) is 0. The minimum absolute atomic E-state index is 0.0851. The molecule has 0 radical (unpaired) electrons. The van der Waals surface area contributed by atoms with Crippen LogP contribution in [0.5, 0.6) is 11.5 Å². The summed E-state index contributed by atoms with van der Waals surface area (Å²) in [5.74, 6) is 2.13. The molecule has 2 unspecified atom stereocenters. The SMILES string of the molecule is [2H]C([2H])([2H])c1cc(-n2c3ccccc3c3ccc(Oc4ccc5c(c4)C(n4[c](=[Pt])n(C([2H])([2H])[2H])c6ccccc64)CCC5C)cc32)ncc1-c1ccccc1. The molecule has 9 rings (SSSR count). The van der Waals surface area contributed by atoms with Gasteiger partial charge in [-0.3, -0.25) is 0 Å². The molecule has 8 aromatic rings. The summed E-state index contributed by atoms with van der Waals surface area (Å²) >= 11 is 2.16. The Kier molecular flexibility index (Phi) is 5.85. The van der Waals surface area contributed by atoms with E-state index in [1.54, 1.807) is 12.3 Å². The molecule has 2 atom stereocenters. The van der Waals surface area contributed by atoms with E-state index in [1.165, 1.54) is 10.1 Å². The van der Waals surface area contributed by atoms with Gasteiger partial charge in [0.2, 0.25) is 0 Å². The quantitative estimate of drug-likeness (QED) is 0.173. The van der Waals surface area contributed by atoms with Crippen LogP contribution in [0.15, 0.2) is 128 Å². The molecule has 5 aromatic carbocycles. The molecular weight excluding hydrogens is 784 g/mol. The Morgan fingerprint density at radius 3 is 2.31 bits per heavy atom. The maximum absolute atomic E-state index is 8.45. The Morgan fingerprint density at radius 2 is 1.47 bits per heavy atom. The summed E-state index contributed by atoms with van der Waals surface area (Å²) in [5, 5.41) is 2.00. The van der Waals surface area contributed by atoms with Crippen LogP contribution in [0.1, 0.15) is 56.6 Å². The molecule has 5 nitrogen and oxygen atoms in total. The number of nitrogens with zero attached hydrogens (tertiary/aromatic N) is 4. The second-order valence-corrected chi connectivity index (χ2v) is 13.8. The molecule has 1 aliphatic carbocycles. The second kappa shape index (κ2) is 11.9. The largest absolute Gasteiger partial charge is 0.238 e. The molecule has 0 bridgehead atoms. The van der Waals surface area contributed by atoms with Gasteiger partial charge in [-0.25, -0.2) is 4.98 Å². The maximum Gasteiger partial charge on any atom is 0.0374 e. The Labute approximate surface area is 304 Å². The molecule has 244 valence electrons. The molecule has 0 spiro atoms. The first-order chi connectivity index (χ1) is 26.4. The van der Waals surface area contributed by atoms with E-state index < -0.39 is 13.8 Å². The van der Waals surface area contributed by atoms with Crippen molar-refractivity contribution in [1.82, 2.24) is 18.7 Å².